The number of benzene rings is 2. The fourth-order valence-electron chi connectivity index (χ4n) is 3.47. The number of aromatic nitrogens is 1. The van der Waals surface area contributed by atoms with Gasteiger partial charge in [0.2, 0.25) is 0 Å². The molecule has 0 saturated heterocycles. The normalized spacial score (nSPS) is 12.4. The summed E-state index contributed by atoms with van der Waals surface area (Å²) in [5, 5.41) is 4.82. The van der Waals surface area contributed by atoms with Crippen LogP contribution in [-0.2, 0) is 0 Å². The molecular formula is C26H25N3O2. The Labute approximate surface area is 181 Å². The third-order valence-corrected chi connectivity index (χ3v) is 5.47. The van der Waals surface area contributed by atoms with E-state index in [4.69, 9.17) is 9.40 Å². The predicted octanol–water partition coefficient (Wildman–Crippen LogP) is 6.08. The van der Waals surface area contributed by atoms with Gasteiger partial charge >= 0.3 is 0 Å². The fraction of sp³-hybridized carbons (Fsp3) is 0.192. The highest BCUT2D eigenvalue weighted by Gasteiger charge is 2.14. The van der Waals surface area contributed by atoms with E-state index < -0.39 is 0 Å². The number of hydrogen-bond donors (Lipinski definition) is 1. The number of amides is 1. The molecule has 1 atom stereocenters. The molecule has 0 saturated carbocycles. The summed E-state index contributed by atoms with van der Waals surface area (Å²) in [7, 11) is 0. The second-order valence-corrected chi connectivity index (χ2v) is 7.65. The molecule has 4 rings (SSSR count). The lowest BCUT2D eigenvalue weighted by molar-refractivity contribution is 0.0956. The number of hydrazone groups is 1. The van der Waals surface area contributed by atoms with Gasteiger partial charge in [-0.1, -0.05) is 56.3 Å². The third kappa shape index (κ3) is 4.56. The van der Waals surface area contributed by atoms with Gasteiger partial charge in [-0.2, -0.15) is 5.10 Å². The average Bonchev–Trinajstić information content (AvgIpc) is 3.22. The number of nitrogens with one attached hydrogen (secondary N) is 1. The maximum absolute atomic E-state index is 12.9. The molecule has 0 fully saturated rings. The lowest BCUT2D eigenvalue weighted by Crippen LogP contribution is -2.18. The molecule has 0 bridgehead atoms. The van der Waals surface area contributed by atoms with Crippen LogP contribution in [0.25, 0.3) is 22.2 Å². The molecular weight excluding hydrogens is 386 g/mol. The minimum Gasteiger partial charge on any atom is -0.460 e. The molecule has 0 aliphatic rings. The molecule has 156 valence electrons. The van der Waals surface area contributed by atoms with Crippen LogP contribution in [0, 0.1) is 6.92 Å². The van der Waals surface area contributed by atoms with Crippen LogP contribution in [0.3, 0.4) is 0 Å². The topological polar surface area (TPSA) is 67.5 Å². The van der Waals surface area contributed by atoms with Crippen molar-refractivity contribution in [3.05, 3.63) is 89.4 Å². The van der Waals surface area contributed by atoms with E-state index >= 15 is 0 Å². The predicted molar refractivity (Wildman–Crippen MR) is 124 cm³/mol. The van der Waals surface area contributed by atoms with Crippen molar-refractivity contribution in [3.63, 3.8) is 0 Å². The molecule has 0 spiro atoms. The van der Waals surface area contributed by atoms with Gasteiger partial charge in [-0.25, -0.2) is 10.4 Å². The van der Waals surface area contributed by atoms with Gasteiger partial charge in [0.1, 0.15) is 11.5 Å². The molecule has 31 heavy (non-hydrogen) atoms. The maximum atomic E-state index is 12.9. The van der Waals surface area contributed by atoms with Gasteiger partial charge < -0.3 is 4.42 Å². The van der Waals surface area contributed by atoms with Crippen molar-refractivity contribution < 1.29 is 9.21 Å². The van der Waals surface area contributed by atoms with E-state index in [1.807, 2.05) is 43.3 Å². The molecule has 0 aliphatic heterocycles. The zero-order valence-corrected chi connectivity index (χ0v) is 17.9. The monoisotopic (exact) mass is 411 g/mol. The molecule has 0 radical (unpaired) electrons. The van der Waals surface area contributed by atoms with Gasteiger partial charge in [0.05, 0.1) is 23.0 Å². The second kappa shape index (κ2) is 8.96. The van der Waals surface area contributed by atoms with Gasteiger partial charge in [0.15, 0.2) is 0 Å². The first-order valence-corrected chi connectivity index (χ1v) is 10.4. The zero-order chi connectivity index (χ0) is 21.8. The molecule has 1 amide bonds. The van der Waals surface area contributed by atoms with E-state index in [2.05, 4.69) is 48.6 Å². The summed E-state index contributed by atoms with van der Waals surface area (Å²) in [6.45, 7) is 6.26. The van der Waals surface area contributed by atoms with Gasteiger partial charge in [-0.3, -0.25) is 4.79 Å². The summed E-state index contributed by atoms with van der Waals surface area (Å²) >= 11 is 0. The SMILES string of the molecule is CCC(C)c1ccc(-c2cc(C(=O)N/N=C/c3ccc(C)o3)c3ccccc3n2)cc1. The molecule has 4 aromatic rings. The lowest BCUT2D eigenvalue weighted by Gasteiger charge is -2.11. The summed E-state index contributed by atoms with van der Waals surface area (Å²) in [4.78, 5) is 17.7. The number of nitrogens with zero attached hydrogens (tertiary/aromatic N) is 2. The first kappa shape index (κ1) is 20.5. The number of fused-ring (bicyclic) bond motifs is 1. The largest absolute Gasteiger partial charge is 0.460 e. The number of pyridine rings is 1. The smallest absolute Gasteiger partial charge is 0.272 e. The van der Waals surface area contributed by atoms with Crippen molar-refractivity contribution in [3.8, 4) is 11.3 Å². The standard InChI is InChI=1S/C26H25N3O2/c1-4-17(2)19-10-12-20(13-11-19)25-15-23(22-7-5-6-8-24(22)28-25)26(30)29-27-16-21-14-9-18(3)31-21/h5-17H,4H2,1-3H3,(H,29,30)/b27-16+. The molecule has 1 N–H and O–H groups in total. The van der Waals surface area contributed by atoms with Crippen LogP contribution in [0.4, 0.5) is 0 Å². The van der Waals surface area contributed by atoms with E-state index in [1.165, 1.54) is 11.8 Å². The van der Waals surface area contributed by atoms with Crippen molar-refractivity contribution in [2.45, 2.75) is 33.1 Å². The number of para-hydroxylation sites is 1. The molecule has 2 aromatic heterocycles. The molecule has 0 aliphatic carbocycles. The Morgan fingerprint density at radius 3 is 2.61 bits per heavy atom. The van der Waals surface area contributed by atoms with Crippen LogP contribution in [0.15, 0.2) is 76.2 Å². The number of aryl methyl sites for hydroxylation is 1. The summed E-state index contributed by atoms with van der Waals surface area (Å²) in [6.07, 6.45) is 2.58. The van der Waals surface area contributed by atoms with Gasteiger partial charge in [-0.05, 0) is 49.1 Å². The maximum Gasteiger partial charge on any atom is 0.272 e. The van der Waals surface area contributed by atoms with E-state index in [0.717, 1.165) is 34.3 Å². The number of hydrogen-bond acceptors (Lipinski definition) is 4. The third-order valence-electron chi connectivity index (χ3n) is 5.47. The van der Waals surface area contributed by atoms with Crippen LogP contribution >= 0.6 is 0 Å². The number of carbonyl (C=O) groups excluding carboxylic acids is 1. The van der Waals surface area contributed by atoms with Crippen molar-refractivity contribution in [2.75, 3.05) is 0 Å². The first-order valence-electron chi connectivity index (χ1n) is 10.4. The number of carbonyl (C=O) groups is 1. The van der Waals surface area contributed by atoms with Gasteiger partial charge in [0.25, 0.3) is 5.91 Å². The van der Waals surface area contributed by atoms with Crippen LogP contribution in [0.5, 0.6) is 0 Å². The number of rotatable bonds is 6. The summed E-state index contributed by atoms with van der Waals surface area (Å²) in [6, 6.07) is 21.5. The van der Waals surface area contributed by atoms with Crippen molar-refractivity contribution in [1.29, 1.82) is 0 Å². The summed E-state index contributed by atoms with van der Waals surface area (Å²) in [5.41, 5.74) is 6.92. The van der Waals surface area contributed by atoms with E-state index in [1.54, 1.807) is 6.07 Å². The van der Waals surface area contributed by atoms with Crippen molar-refractivity contribution in [2.24, 2.45) is 5.10 Å². The van der Waals surface area contributed by atoms with E-state index in [-0.39, 0.29) is 5.91 Å². The highest BCUT2D eigenvalue weighted by atomic mass is 16.3. The molecule has 2 aromatic carbocycles. The average molecular weight is 412 g/mol. The lowest BCUT2D eigenvalue weighted by atomic mass is 9.96. The Morgan fingerprint density at radius 1 is 1.13 bits per heavy atom. The molecule has 5 nitrogen and oxygen atoms in total. The Balaban J connectivity index is 1.66. The van der Waals surface area contributed by atoms with Crippen LogP contribution < -0.4 is 5.43 Å². The molecule has 1 unspecified atom stereocenters. The Kier molecular flexibility index (Phi) is 5.94. The van der Waals surface area contributed by atoms with Crippen LogP contribution in [0.2, 0.25) is 0 Å². The summed E-state index contributed by atoms with van der Waals surface area (Å²) in [5.74, 6) is 1.59. The Bertz CT molecular complexity index is 1240. The highest BCUT2D eigenvalue weighted by Crippen LogP contribution is 2.27. The van der Waals surface area contributed by atoms with E-state index in [0.29, 0.717) is 17.2 Å². The fourth-order valence-corrected chi connectivity index (χ4v) is 3.47. The zero-order valence-electron chi connectivity index (χ0n) is 17.9. The minimum atomic E-state index is -0.296. The highest BCUT2D eigenvalue weighted by molar-refractivity contribution is 6.07. The summed E-state index contributed by atoms with van der Waals surface area (Å²) < 4.78 is 5.44. The van der Waals surface area contributed by atoms with Crippen molar-refractivity contribution in [1.82, 2.24) is 10.4 Å². The Hall–Kier alpha value is -3.73. The van der Waals surface area contributed by atoms with Crippen LogP contribution in [-0.4, -0.2) is 17.1 Å². The first-order chi connectivity index (χ1) is 15.0. The number of furan rings is 1. The Morgan fingerprint density at radius 2 is 1.90 bits per heavy atom. The molecule has 2 heterocycles. The van der Waals surface area contributed by atoms with E-state index in [9.17, 15) is 4.79 Å². The second-order valence-electron chi connectivity index (χ2n) is 7.65. The van der Waals surface area contributed by atoms with Crippen LogP contribution in [0.1, 0.15) is 53.6 Å². The molecule has 5 heteroatoms. The van der Waals surface area contributed by atoms with Crippen molar-refractivity contribution >= 4 is 23.0 Å². The van der Waals surface area contributed by atoms with Gasteiger partial charge in [0, 0.05) is 10.9 Å². The quantitative estimate of drug-likeness (QED) is 0.309. The minimum absolute atomic E-state index is 0.296. The van der Waals surface area contributed by atoms with Gasteiger partial charge in [-0.15, -0.1) is 0 Å².